The number of amides is 3. The number of aryl methyl sites for hydroxylation is 1. The summed E-state index contributed by atoms with van der Waals surface area (Å²) in [4.78, 5) is 65.6. The summed E-state index contributed by atoms with van der Waals surface area (Å²) in [6, 6.07) is 13.5. The number of fused-ring (bicyclic) bond motifs is 2. The lowest BCUT2D eigenvalue weighted by molar-refractivity contribution is -0.135. The maximum absolute atomic E-state index is 13.6. The lowest BCUT2D eigenvalue weighted by atomic mass is 9.81. The first-order valence-electron chi connectivity index (χ1n) is 20.9. The predicted molar refractivity (Wildman–Crippen MR) is 227 cm³/mol. The Bertz CT molecular complexity index is 2500. The average molecular weight is 800 g/mol. The van der Waals surface area contributed by atoms with Crippen LogP contribution in [0.2, 0.25) is 0 Å². The molecular formula is C44H53N11O4. The first-order chi connectivity index (χ1) is 28.5. The van der Waals surface area contributed by atoms with Crippen molar-refractivity contribution < 1.29 is 14.4 Å². The molecule has 1 aromatic carbocycles. The zero-order valence-corrected chi connectivity index (χ0v) is 34.3. The predicted octanol–water partition coefficient (Wildman–Crippen LogP) is 4.88. The zero-order chi connectivity index (χ0) is 41.4. The molecule has 59 heavy (non-hydrogen) atoms. The highest BCUT2D eigenvalue weighted by Gasteiger charge is 2.33. The number of anilines is 2. The molecular weight excluding hydrogens is 747 g/mol. The molecule has 3 fully saturated rings. The number of aromatic nitrogens is 5. The number of carbonyl (C=O) groups is 3. The zero-order valence-electron chi connectivity index (χ0n) is 34.3. The minimum atomic E-state index is -0.702. The molecule has 0 bridgehead atoms. The van der Waals surface area contributed by atoms with Gasteiger partial charge in [-0.1, -0.05) is 6.07 Å². The number of imide groups is 1. The molecule has 308 valence electrons. The normalized spacial score (nSPS) is 20.4. The van der Waals surface area contributed by atoms with Crippen LogP contribution in [0.5, 0.6) is 0 Å². The van der Waals surface area contributed by atoms with Crippen LogP contribution in [0.1, 0.15) is 87.2 Å². The van der Waals surface area contributed by atoms with Gasteiger partial charge in [0, 0.05) is 81.8 Å². The Balaban J connectivity index is 0.830. The number of para-hydroxylation sites is 1. The Morgan fingerprint density at radius 2 is 1.76 bits per heavy atom. The summed E-state index contributed by atoms with van der Waals surface area (Å²) in [5.41, 5.74) is 4.70. The standard InChI is InChI=1S/C44H53N11O4/c1-27(2)49-34-21-38(54-19-14-31-20-30(22-45)24-47-41(31)54)46-25-33(34)42(57)48-23-28-8-10-29(11-9-28)26-51(3)32-15-17-53(18-16-32)35-6-5-7-36-40(35)52(4)44(59)55(36)37-12-13-39(56)50-43(37)58/h5-7,14,19-21,24-25,27-29,32,37H,8-13,15-18,23,26H2,1-4H3,(H,46,49)(H,48,57)(H,50,56,58)/t28-,29-,37?. The fourth-order valence-corrected chi connectivity index (χ4v) is 9.41. The minimum Gasteiger partial charge on any atom is -0.382 e. The third-order valence-corrected chi connectivity index (χ3v) is 12.6. The van der Waals surface area contributed by atoms with Crippen molar-refractivity contribution >= 4 is 51.2 Å². The lowest BCUT2D eigenvalue weighted by Crippen LogP contribution is -2.45. The van der Waals surface area contributed by atoms with Crippen molar-refractivity contribution in [2.24, 2.45) is 18.9 Å². The number of nitrogens with zero attached hydrogens (tertiary/aromatic N) is 8. The van der Waals surface area contributed by atoms with Crippen LogP contribution in [0.15, 0.2) is 59.8 Å². The molecule has 4 aromatic heterocycles. The molecule has 3 N–H and O–H groups in total. The van der Waals surface area contributed by atoms with Crippen molar-refractivity contribution in [1.82, 2.24) is 39.2 Å². The van der Waals surface area contributed by atoms with Crippen molar-refractivity contribution in [1.29, 1.82) is 5.26 Å². The topological polar surface area (TPSA) is 175 Å². The fourth-order valence-electron chi connectivity index (χ4n) is 9.41. The van der Waals surface area contributed by atoms with Gasteiger partial charge >= 0.3 is 5.69 Å². The number of hydrogen-bond acceptors (Lipinski definition) is 10. The minimum absolute atomic E-state index is 0.105. The van der Waals surface area contributed by atoms with E-state index in [9.17, 15) is 24.4 Å². The number of hydrogen-bond donors (Lipinski definition) is 3. The number of nitrogens with one attached hydrogen (secondary N) is 3. The first-order valence-corrected chi connectivity index (χ1v) is 20.9. The first kappa shape index (κ1) is 39.8. The molecule has 15 heteroatoms. The molecule has 15 nitrogen and oxygen atoms in total. The summed E-state index contributed by atoms with van der Waals surface area (Å²) in [6.45, 7) is 7.50. The summed E-state index contributed by atoms with van der Waals surface area (Å²) in [5, 5.41) is 19.1. The van der Waals surface area contributed by atoms with Crippen molar-refractivity contribution in [2.75, 3.05) is 43.4 Å². The maximum atomic E-state index is 13.6. The van der Waals surface area contributed by atoms with Gasteiger partial charge in [-0.2, -0.15) is 5.26 Å². The lowest BCUT2D eigenvalue weighted by Gasteiger charge is -2.40. The second-order valence-electron chi connectivity index (χ2n) is 16.9. The van der Waals surface area contributed by atoms with Crippen LogP contribution in [-0.4, -0.2) is 91.6 Å². The fraction of sp³-hybridized carbons (Fsp3) is 0.477. The van der Waals surface area contributed by atoms with Gasteiger partial charge in [0.25, 0.3) is 5.91 Å². The van der Waals surface area contributed by atoms with Gasteiger partial charge in [-0.15, -0.1) is 0 Å². The summed E-state index contributed by atoms with van der Waals surface area (Å²) < 4.78 is 5.06. The number of benzene rings is 1. The number of imidazole rings is 1. The molecule has 1 unspecified atom stereocenters. The Morgan fingerprint density at radius 3 is 2.49 bits per heavy atom. The van der Waals surface area contributed by atoms with E-state index < -0.39 is 11.9 Å². The van der Waals surface area contributed by atoms with E-state index in [0.717, 1.165) is 80.3 Å². The van der Waals surface area contributed by atoms with E-state index in [0.29, 0.717) is 59.1 Å². The smallest absolute Gasteiger partial charge is 0.329 e. The number of piperidine rings is 2. The molecule has 3 amide bonds. The molecule has 1 aliphatic carbocycles. The van der Waals surface area contributed by atoms with Crippen molar-refractivity contribution in [2.45, 2.75) is 83.3 Å². The Labute approximate surface area is 343 Å². The molecule has 0 spiro atoms. The molecule has 0 radical (unpaired) electrons. The third-order valence-electron chi connectivity index (χ3n) is 12.6. The molecule has 6 heterocycles. The van der Waals surface area contributed by atoms with E-state index in [1.54, 1.807) is 34.6 Å². The quantitative estimate of drug-likeness (QED) is 0.156. The Hall–Kier alpha value is -6.01. The number of rotatable bonds is 11. The monoisotopic (exact) mass is 799 g/mol. The van der Waals surface area contributed by atoms with Gasteiger partial charge in [-0.3, -0.25) is 33.4 Å². The highest BCUT2D eigenvalue weighted by Crippen LogP contribution is 2.34. The van der Waals surface area contributed by atoms with Gasteiger partial charge in [-0.05, 0) is 102 Å². The van der Waals surface area contributed by atoms with Gasteiger partial charge in [0.2, 0.25) is 11.8 Å². The van der Waals surface area contributed by atoms with E-state index >= 15 is 0 Å². The second kappa shape index (κ2) is 16.7. The Kier molecular flexibility index (Phi) is 11.3. The van der Waals surface area contributed by atoms with Crippen LogP contribution in [0.25, 0.3) is 27.9 Å². The molecule has 3 aliphatic rings. The largest absolute Gasteiger partial charge is 0.382 e. The van der Waals surface area contributed by atoms with E-state index in [1.807, 2.05) is 48.9 Å². The SMILES string of the molecule is CC(C)Nc1cc(-n2ccc3cc(C#N)cnc32)ncc1C(=O)NC[C@H]1CC[C@H](CN(C)C2CCN(c3cccc4c3n(C)c(=O)n4C3CCC(=O)NC3=O)CC2)CC1. The summed E-state index contributed by atoms with van der Waals surface area (Å²) in [7, 11) is 4.01. The maximum Gasteiger partial charge on any atom is 0.329 e. The van der Waals surface area contributed by atoms with Crippen LogP contribution in [-0.2, 0) is 16.6 Å². The molecule has 2 aliphatic heterocycles. The molecule has 8 rings (SSSR count). The van der Waals surface area contributed by atoms with E-state index in [4.69, 9.17) is 0 Å². The van der Waals surface area contributed by atoms with E-state index in [-0.39, 0.29) is 30.0 Å². The Morgan fingerprint density at radius 1 is 1.00 bits per heavy atom. The second-order valence-corrected chi connectivity index (χ2v) is 16.9. The summed E-state index contributed by atoms with van der Waals surface area (Å²) >= 11 is 0. The highest BCUT2D eigenvalue weighted by molar-refractivity contribution is 6.01. The van der Waals surface area contributed by atoms with Crippen molar-refractivity contribution in [3.05, 3.63) is 76.6 Å². The van der Waals surface area contributed by atoms with Crippen molar-refractivity contribution in [3.8, 4) is 11.9 Å². The van der Waals surface area contributed by atoms with Gasteiger partial charge in [0.15, 0.2) is 0 Å². The van der Waals surface area contributed by atoms with E-state index in [1.165, 1.54) is 0 Å². The van der Waals surface area contributed by atoms with Gasteiger partial charge in [0.05, 0.1) is 33.5 Å². The van der Waals surface area contributed by atoms with Gasteiger partial charge in [0.1, 0.15) is 23.6 Å². The van der Waals surface area contributed by atoms with Crippen LogP contribution >= 0.6 is 0 Å². The highest BCUT2D eigenvalue weighted by atomic mass is 16.2. The van der Waals surface area contributed by atoms with Crippen LogP contribution < -0.4 is 26.5 Å². The van der Waals surface area contributed by atoms with E-state index in [2.05, 4.69) is 54.9 Å². The average Bonchev–Trinajstić information content (AvgIpc) is 3.77. The number of nitriles is 1. The molecule has 2 saturated heterocycles. The van der Waals surface area contributed by atoms with Crippen LogP contribution in [0.3, 0.4) is 0 Å². The summed E-state index contributed by atoms with van der Waals surface area (Å²) in [5.74, 6) is 0.818. The van der Waals surface area contributed by atoms with Crippen LogP contribution in [0.4, 0.5) is 11.4 Å². The number of pyridine rings is 2. The number of carbonyl (C=O) groups excluding carboxylic acids is 3. The van der Waals surface area contributed by atoms with Gasteiger partial charge < -0.3 is 20.4 Å². The molecule has 1 saturated carbocycles. The molecule has 5 aromatic rings. The van der Waals surface area contributed by atoms with Gasteiger partial charge in [-0.25, -0.2) is 14.8 Å². The van der Waals surface area contributed by atoms with Crippen molar-refractivity contribution in [3.63, 3.8) is 0 Å². The summed E-state index contributed by atoms with van der Waals surface area (Å²) in [6.07, 6.45) is 12.0. The third kappa shape index (κ3) is 8.06. The van der Waals surface area contributed by atoms with Crippen LogP contribution in [0, 0.1) is 23.2 Å². The molecule has 1 atom stereocenters.